The topological polar surface area (TPSA) is 75.3 Å². The first-order valence-corrected chi connectivity index (χ1v) is 9.48. The van der Waals surface area contributed by atoms with Crippen molar-refractivity contribution < 1.29 is 13.2 Å². The molecule has 2 aromatic rings. The van der Waals surface area contributed by atoms with Gasteiger partial charge < -0.3 is 10.6 Å². The van der Waals surface area contributed by atoms with Crippen LogP contribution in [0.25, 0.3) is 0 Å². The van der Waals surface area contributed by atoms with Crippen LogP contribution in [0, 0.1) is 0 Å². The lowest BCUT2D eigenvalue weighted by Crippen LogP contribution is -2.26. The van der Waals surface area contributed by atoms with Crippen LogP contribution in [0.5, 0.6) is 0 Å². The number of amides is 1. The largest absolute Gasteiger partial charge is 0.352 e. The lowest BCUT2D eigenvalue weighted by molar-refractivity contribution is 0.0953. The Labute approximate surface area is 155 Å². The second-order valence-corrected chi connectivity index (χ2v) is 7.47. The molecule has 2 N–H and O–H groups in total. The summed E-state index contributed by atoms with van der Waals surface area (Å²) < 4.78 is 24.8. The van der Waals surface area contributed by atoms with Crippen LogP contribution < -0.4 is 10.6 Å². The highest BCUT2D eigenvalue weighted by molar-refractivity contribution is 7.90. The third kappa shape index (κ3) is 6.49. The molecule has 0 spiro atoms. The van der Waals surface area contributed by atoms with Crippen LogP contribution in [0.3, 0.4) is 0 Å². The average molecular weight is 383 g/mol. The fraction of sp³-hybridized carbons (Fsp3) is 0.278. The molecule has 0 aliphatic rings. The number of carbonyl (C=O) groups is 1. The first-order chi connectivity index (χ1) is 11.5. The monoisotopic (exact) mass is 382 g/mol. The number of rotatable bonds is 8. The molecule has 0 saturated heterocycles. The van der Waals surface area contributed by atoms with Gasteiger partial charge in [0, 0.05) is 12.1 Å². The van der Waals surface area contributed by atoms with Crippen LogP contribution in [-0.2, 0) is 15.6 Å². The Hall–Kier alpha value is -1.89. The van der Waals surface area contributed by atoms with Gasteiger partial charge in [-0.25, -0.2) is 8.42 Å². The van der Waals surface area contributed by atoms with E-state index in [1.54, 1.807) is 24.3 Å². The SMILES string of the molecule is CNCCCNC(=O)c1ccc(S(=O)(=O)Cc2ccccc2)cc1.Cl. The average Bonchev–Trinajstić information content (AvgIpc) is 2.59. The van der Waals surface area contributed by atoms with E-state index in [1.807, 2.05) is 25.2 Å². The Balaban J connectivity index is 0.00000312. The van der Waals surface area contributed by atoms with Crippen LogP contribution in [0.1, 0.15) is 22.3 Å². The van der Waals surface area contributed by atoms with Crippen LogP contribution in [0.4, 0.5) is 0 Å². The van der Waals surface area contributed by atoms with E-state index in [-0.39, 0.29) is 29.0 Å². The first kappa shape index (κ1) is 21.2. The third-order valence-electron chi connectivity index (χ3n) is 3.56. The van der Waals surface area contributed by atoms with E-state index in [2.05, 4.69) is 10.6 Å². The fourth-order valence-electron chi connectivity index (χ4n) is 2.26. The van der Waals surface area contributed by atoms with Crippen LogP contribution in [0.15, 0.2) is 59.5 Å². The standard InChI is InChI=1S/C18H22N2O3S.ClH/c1-19-12-5-13-20-18(21)16-8-10-17(11-9-16)24(22,23)14-15-6-3-2-4-7-15;/h2-4,6-11,19H,5,12-14H2,1H3,(H,20,21);1H. The van der Waals surface area contributed by atoms with E-state index in [0.29, 0.717) is 12.1 Å². The summed E-state index contributed by atoms with van der Waals surface area (Å²) in [5.41, 5.74) is 1.20. The molecule has 0 aliphatic heterocycles. The number of halogens is 1. The summed E-state index contributed by atoms with van der Waals surface area (Å²) >= 11 is 0. The molecular formula is C18H23ClN2O3S. The minimum atomic E-state index is -3.42. The molecule has 25 heavy (non-hydrogen) atoms. The van der Waals surface area contributed by atoms with Gasteiger partial charge >= 0.3 is 0 Å². The van der Waals surface area contributed by atoms with Gasteiger partial charge in [-0.3, -0.25) is 4.79 Å². The van der Waals surface area contributed by atoms with Gasteiger partial charge in [0.05, 0.1) is 10.6 Å². The van der Waals surface area contributed by atoms with Gasteiger partial charge in [0.2, 0.25) is 0 Å². The number of carbonyl (C=O) groups excluding carboxylic acids is 1. The zero-order chi connectivity index (χ0) is 17.4. The highest BCUT2D eigenvalue weighted by atomic mass is 35.5. The van der Waals surface area contributed by atoms with E-state index < -0.39 is 9.84 Å². The normalized spacial score (nSPS) is 10.8. The van der Waals surface area contributed by atoms with Gasteiger partial charge in [-0.05, 0) is 49.8 Å². The predicted molar refractivity (Wildman–Crippen MR) is 102 cm³/mol. The van der Waals surface area contributed by atoms with Crippen molar-refractivity contribution in [1.29, 1.82) is 0 Å². The van der Waals surface area contributed by atoms with Gasteiger partial charge in [0.1, 0.15) is 0 Å². The second-order valence-electron chi connectivity index (χ2n) is 5.48. The lowest BCUT2D eigenvalue weighted by atomic mass is 10.2. The molecule has 0 fully saturated rings. The Bertz CT molecular complexity index is 763. The summed E-state index contributed by atoms with van der Waals surface area (Å²) in [6.07, 6.45) is 0.839. The molecule has 1 amide bonds. The summed E-state index contributed by atoms with van der Waals surface area (Å²) in [7, 11) is -1.56. The molecule has 0 radical (unpaired) electrons. The van der Waals surface area contributed by atoms with Crippen molar-refractivity contribution >= 4 is 28.2 Å². The van der Waals surface area contributed by atoms with Gasteiger partial charge in [0.25, 0.3) is 5.91 Å². The maximum absolute atomic E-state index is 12.4. The van der Waals surface area contributed by atoms with Crippen molar-refractivity contribution in [3.63, 3.8) is 0 Å². The van der Waals surface area contributed by atoms with Crippen molar-refractivity contribution in [2.75, 3.05) is 20.1 Å². The van der Waals surface area contributed by atoms with E-state index in [9.17, 15) is 13.2 Å². The summed E-state index contributed by atoms with van der Waals surface area (Å²) in [6.45, 7) is 1.41. The number of hydrogen-bond donors (Lipinski definition) is 2. The molecule has 2 rings (SSSR count). The van der Waals surface area contributed by atoms with E-state index in [1.165, 1.54) is 12.1 Å². The highest BCUT2D eigenvalue weighted by Crippen LogP contribution is 2.17. The smallest absolute Gasteiger partial charge is 0.251 e. The molecule has 5 nitrogen and oxygen atoms in total. The first-order valence-electron chi connectivity index (χ1n) is 7.82. The van der Waals surface area contributed by atoms with E-state index in [0.717, 1.165) is 18.5 Å². The fourth-order valence-corrected chi connectivity index (χ4v) is 3.61. The van der Waals surface area contributed by atoms with Crippen molar-refractivity contribution in [1.82, 2.24) is 10.6 Å². The number of nitrogens with one attached hydrogen (secondary N) is 2. The van der Waals surface area contributed by atoms with E-state index >= 15 is 0 Å². The summed E-state index contributed by atoms with van der Waals surface area (Å²) in [6, 6.07) is 15.1. The number of benzene rings is 2. The minimum Gasteiger partial charge on any atom is -0.352 e. The van der Waals surface area contributed by atoms with Crippen LogP contribution >= 0.6 is 12.4 Å². The quantitative estimate of drug-likeness (QED) is 0.687. The summed E-state index contributed by atoms with van der Waals surface area (Å²) in [4.78, 5) is 12.2. The second kappa shape index (κ2) is 10.2. The Morgan fingerprint density at radius 2 is 1.60 bits per heavy atom. The van der Waals surface area contributed by atoms with Gasteiger partial charge in [0.15, 0.2) is 9.84 Å². The summed E-state index contributed by atoms with van der Waals surface area (Å²) in [5, 5.41) is 5.81. The molecule has 2 aromatic carbocycles. The van der Waals surface area contributed by atoms with E-state index in [4.69, 9.17) is 0 Å². The summed E-state index contributed by atoms with van der Waals surface area (Å²) in [5.74, 6) is -0.248. The predicted octanol–water partition coefficient (Wildman–Crippen LogP) is 2.42. The zero-order valence-corrected chi connectivity index (χ0v) is 15.7. The molecule has 136 valence electrons. The molecule has 0 bridgehead atoms. The zero-order valence-electron chi connectivity index (χ0n) is 14.1. The van der Waals surface area contributed by atoms with Crippen LogP contribution in [-0.4, -0.2) is 34.5 Å². The number of hydrogen-bond acceptors (Lipinski definition) is 4. The van der Waals surface area contributed by atoms with Gasteiger partial charge in [-0.1, -0.05) is 30.3 Å². The maximum atomic E-state index is 12.4. The molecule has 0 atom stereocenters. The van der Waals surface area contributed by atoms with Crippen molar-refractivity contribution in [2.24, 2.45) is 0 Å². The molecular weight excluding hydrogens is 360 g/mol. The Kier molecular flexibility index (Phi) is 8.61. The number of sulfone groups is 1. The van der Waals surface area contributed by atoms with Gasteiger partial charge in [-0.15, -0.1) is 12.4 Å². The molecule has 0 aliphatic carbocycles. The third-order valence-corrected chi connectivity index (χ3v) is 5.27. The highest BCUT2D eigenvalue weighted by Gasteiger charge is 2.16. The Morgan fingerprint density at radius 3 is 2.20 bits per heavy atom. The molecule has 7 heteroatoms. The van der Waals surface area contributed by atoms with Crippen molar-refractivity contribution in [2.45, 2.75) is 17.1 Å². The van der Waals surface area contributed by atoms with Crippen molar-refractivity contribution in [3.05, 3.63) is 65.7 Å². The van der Waals surface area contributed by atoms with Gasteiger partial charge in [-0.2, -0.15) is 0 Å². The molecule has 0 heterocycles. The molecule has 0 aromatic heterocycles. The van der Waals surface area contributed by atoms with Crippen LogP contribution in [0.2, 0.25) is 0 Å². The maximum Gasteiger partial charge on any atom is 0.251 e. The minimum absolute atomic E-state index is 0. The molecule has 0 saturated carbocycles. The lowest BCUT2D eigenvalue weighted by Gasteiger charge is -2.07. The Morgan fingerprint density at radius 1 is 0.960 bits per heavy atom. The van der Waals surface area contributed by atoms with Crippen molar-refractivity contribution in [3.8, 4) is 0 Å². The molecule has 0 unspecified atom stereocenters.